The van der Waals surface area contributed by atoms with Crippen LogP contribution in [0.5, 0.6) is 0 Å². The molecule has 36 heavy (non-hydrogen) atoms. The van der Waals surface area contributed by atoms with E-state index >= 15 is 0 Å². The Balaban J connectivity index is 1.90. The molecule has 1 aromatic rings. The molecule has 3 unspecified atom stereocenters. The highest BCUT2D eigenvalue weighted by Gasteiger charge is 2.76. The second-order valence-electron chi connectivity index (χ2n) is 10.4. The van der Waals surface area contributed by atoms with Gasteiger partial charge in [-0.05, 0) is 43.4 Å². The van der Waals surface area contributed by atoms with E-state index in [-0.39, 0.29) is 41.0 Å². The van der Waals surface area contributed by atoms with Gasteiger partial charge in [-0.15, -0.1) is 18.3 Å². The number of benzene rings is 1. The predicted octanol–water partition coefficient (Wildman–Crippen LogP) is 3.78. The van der Waals surface area contributed by atoms with E-state index in [1.54, 1.807) is 15.9 Å². The first kappa shape index (κ1) is 27.2. The lowest BCUT2D eigenvalue weighted by atomic mass is 9.71. The Kier molecular flexibility index (Phi) is 7.66. The SMILES string of the molecule is C=CCN(C(=O)C1N([C@@H](CO)[C@@H](C)CC)C(=O)[C@@H]2[C@H](C(=O)O)[C@H]3SC12CC3Br)c1cc(C)ccc1C. The van der Waals surface area contributed by atoms with Crippen molar-refractivity contribution in [2.24, 2.45) is 17.8 Å². The van der Waals surface area contributed by atoms with E-state index in [0.717, 1.165) is 16.8 Å². The topological polar surface area (TPSA) is 98.2 Å². The number of rotatable bonds is 9. The first-order valence-electron chi connectivity index (χ1n) is 12.5. The maximum atomic E-state index is 14.6. The molecule has 3 fully saturated rings. The summed E-state index contributed by atoms with van der Waals surface area (Å²) in [5.41, 5.74) is 2.67. The van der Waals surface area contributed by atoms with Crippen LogP contribution in [-0.2, 0) is 14.4 Å². The van der Waals surface area contributed by atoms with Crippen LogP contribution in [0.4, 0.5) is 5.69 Å². The highest BCUT2D eigenvalue weighted by atomic mass is 79.9. The summed E-state index contributed by atoms with van der Waals surface area (Å²) >= 11 is 5.16. The largest absolute Gasteiger partial charge is 0.481 e. The Labute approximate surface area is 225 Å². The third kappa shape index (κ3) is 4.02. The Hall–Kier alpha value is -1.84. The minimum Gasteiger partial charge on any atom is -0.481 e. The van der Waals surface area contributed by atoms with Crippen LogP contribution in [0.3, 0.4) is 0 Å². The van der Waals surface area contributed by atoms with Gasteiger partial charge in [-0.2, -0.15) is 0 Å². The smallest absolute Gasteiger partial charge is 0.308 e. The van der Waals surface area contributed by atoms with Crippen molar-refractivity contribution in [1.29, 1.82) is 0 Å². The normalized spacial score (nSPS) is 32.3. The molecule has 7 nitrogen and oxygen atoms in total. The van der Waals surface area contributed by atoms with Crippen molar-refractivity contribution in [3.8, 4) is 0 Å². The van der Waals surface area contributed by atoms with Crippen LogP contribution in [0.25, 0.3) is 0 Å². The number of carboxylic acid groups (broad SMARTS) is 1. The van der Waals surface area contributed by atoms with E-state index in [1.807, 2.05) is 45.9 Å². The fourth-order valence-corrected chi connectivity index (χ4v) is 9.98. The average molecular weight is 580 g/mol. The molecule has 2 amide bonds. The summed E-state index contributed by atoms with van der Waals surface area (Å²) in [4.78, 5) is 44.3. The zero-order chi connectivity index (χ0) is 26.5. The Morgan fingerprint density at radius 3 is 2.67 bits per heavy atom. The highest BCUT2D eigenvalue weighted by molar-refractivity contribution is 9.09. The van der Waals surface area contributed by atoms with Crippen LogP contribution < -0.4 is 4.90 Å². The van der Waals surface area contributed by atoms with Crippen LogP contribution in [-0.4, -0.2) is 73.0 Å². The molecule has 3 saturated heterocycles. The van der Waals surface area contributed by atoms with Gasteiger partial charge >= 0.3 is 5.97 Å². The molecule has 3 aliphatic heterocycles. The van der Waals surface area contributed by atoms with Gasteiger partial charge in [-0.3, -0.25) is 14.4 Å². The second-order valence-corrected chi connectivity index (χ2v) is 13.1. The number of carbonyl (C=O) groups is 3. The molecule has 2 bridgehead atoms. The number of fused-ring (bicyclic) bond motifs is 1. The third-order valence-electron chi connectivity index (χ3n) is 8.32. The number of likely N-dealkylation sites (tertiary alicyclic amines) is 1. The summed E-state index contributed by atoms with van der Waals surface area (Å²) in [6, 6.07) is 4.44. The van der Waals surface area contributed by atoms with Gasteiger partial charge in [0.2, 0.25) is 5.91 Å². The Bertz CT molecular complexity index is 1080. The zero-order valence-electron chi connectivity index (χ0n) is 21.2. The van der Waals surface area contributed by atoms with Crippen LogP contribution >= 0.6 is 27.7 Å². The van der Waals surface area contributed by atoms with Crippen LogP contribution in [0.1, 0.15) is 37.8 Å². The number of carboxylic acids is 1. The molecule has 8 atom stereocenters. The maximum absolute atomic E-state index is 14.6. The zero-order valence-corrected chi connectivity index (χ0v) is 23.6. The quantitative estimate of drug-likeness (QED) is 0.342. The standard InChI is InChI=1S/C27H35BrN2O5S/c1-6-10-29(18-11-14(3)8-9-16(18)5)25(33)23-27-12-17(28)22(36-27)20(26(34)35)21(27)24(32)30(23)19(13-31)15(4)7-2/h6,8-9,11,15,17,19-23,31H,1,7,10,12-13H2,2-5H3,(H,34,35)/t15-,17?,19-,20-,21-,22-,23?,27?/m0/s1. The fourth-order valence-electron chi connectivity index (χ4n) is 6.39. The molecule has 2 N–H and O–H groups in total. The molecule has 9 heteroatoms. The number of hydrogen-bond donors (Lipinski definition) is 2. The van der Waals surface area contributed by atoms with Gasteiger partial charge in [-0.25, -0.2) is 0 Å². The monoisotopic (exact) mass is 578 g/mol. The number of aliphatic carboxylic acids is 1. The molecule has 4 rings (SSSR count). The van der Waals surface area contributed by atoms with Gasteiger partial charge in [0.15, 0.2) is 0 Å². The molecule has 0 aromatic heterocycles. The summed E-state index contributed by atoms with van der Waals surface area (Å²) < 4.78 is -0.881. The van der Waals surface area contributed by atoms with Crippen molar-refractivity contribution < 1.29 is 24.6 Å². The first-order valence-corrected chi connectivity index (χ1v) is 14.3. The Morgan fingerprint density at radius 1 is 1.39 bits per heavy atom. The number of carbonyl (C=O) groups excluding carboxylic acids is 2. The number of aliphatic hydroxyl groups is 1. The van der Waals surface area contributed by atoms with Gasteiger partial charge < -0.3 is 20.0 Å². The van der Waals surface area contributed by atoms with Crippen LogP contribution in [0, 0.1) is 31.6 Å². The van der Waals surface area contributed by atoms with Crippen LogP contribution in [0.2, 0.25) is 0 Å². The number of halogens is 1. The number of thioether (sulfide) groups is 1. The molecule has 0 aliphatic carbocycles. The number of nitrogens with zero attached hydrogens (tertiary/aromatic N) is 2. The number of aryl methyl sites for hydroxylation is 2. The summed E-state index contributed by atoms with van der Waals surface area (Å²) in [6.07, 6.45) is 2.89. The molecule has 1 aromatic carbocycles. The summed E-state index contributed by atoms with van der Waals surface area (Å²) in [6.45, 7) is 11.7. The lowest BCUT2D eigenvalue weighted by Crippen LogP contribution is -2.59. The molecule has 1 spiro atoms. The molecule has 0 saturated carbocycles. The fraction of sp³-hybridized carbons (Fsp3) is 0.593. The number of anilines is 1. The van der Waals surface area contributed by atoms with E-state index in [2.05, 4.69) is 22.5 Å². The van der Waals surface area contributed by atoms with Crippen molar-refractivity contribution in [1.82, 2.24) is 4.90 Å². The van der Waals surface area contributed by atoms with Gasteiger partial charge in [0.05, 0.1) is 29.2 Å². The number of alkyl halides is 1. The summed E-state index contributed by atoms with van der Waals surface area (Å²) in [7, 11) is 0. The van der Waals surface area contributed by atoms with Gasteiger partial charge in [-0.1, -0.05) is 54.4 Å². The number of amides is 2. The van der Waals surface area contributed by atoms with Crippen LogP contribution in [0.15, 0.2) is 30.9 Å². The first-order chi connectivity index (χ1) is 17.0. The molecule has 3 heterocycles. The predicted molar refractivity (Wildman–Crippen MR) is 145 cm³/mol. The molecule has 0 radical (unpaired) electrons. The van der Waals surface area contributed by atoms with E-state index in [0.29, 0.717) is 12.8 Å². The van der Waals surface area contributed by atoms with Gasteiger partial charge in [0.1, 0.15) is 6.04 Å². The van der Waals surface area contributed by atoms with E-state index in [9.17, 15) is 24.6 Å². The lowest BCUT2D eigenvalue weighted by molar-refractivity contribution is -0.149. The number of aliphatic hydroxyl groups excluding tert-OH is 1. The Morgan fingerprint density at radius 2 is 2.08 bits per heavy atom. The summed E-state index contributed by atoms with van der Waals surface area (Å²) in [5, 5.41) is 20.3. The molecular formula is C27H35BrN2O5S. The van der Waals surface area contributed by atoms with Crippen molar-refractivity contribution in [3.63, 3.8) is 0 Å². The maximum Gasteiger partial charge on any atom is 0.308 e. The number of hydrogen-bond acceptors (Lipinski definition) is 5. The van der Waals surface area contributed by atoms with Crippen molar-refractivity contribution in [2.75, 3.05) is 18.1 Å². The highest BCUT2D eigenvalue weighted by Crippen LogP contribution is 2.68. The van der Waals surface area contributed by atoms with E-state index < -0.39 is 34.6 Å². The van der Waals surface area contributed by atoms with Crippen molar-refractivity contribution in [2.45, 2.75) is 67.4 Å². The molecule has 3 aliphatic rings. The van der Waals surface area contributed by atoms with Gasteiger partial charge in [0.25, 0.3) is 5.91 Å². The molecular weight excluding hydrogens is 544 g/mol. The van der Waals surface area contributed by atoms with Crippen molar-refractivity contribution >= 4 is 51.2 Å². The minimum absolute atomic E-state index is 0.0664. The average Bonchev–Trinajstić information content (AvgIpc) is 3.43. The van der Waals surface area contributed by atoms with E-state index in [1.165, 1.54) is 11.8 Å². The third-order valence-corrected chi connectivity index (χ3v) is 11.5. The lowest BCUT2D eigenvalue weighted by Gasteiger charge is -2.41. The minimum atomic E-state index is -1.01. The van der Waals surface area contributed by atoms with E-state index in [4.69, 9.17) is 0 Å². The van der Waals surface area contributed by atoms with Crippen molar-refractivity contribution in [3.05, 3.63) is 42.0 Å². The molecule has 196 valence electrons. The van der Waals surface area contributed by atoms with Gasteiger partial charge in [0, 0.05) is 22.3 Å². The second kappa shape index (κ2) is 10.1. The summed E-state index contributed by atoms with van der Waals surface area (Å²) in [5.74, 6) is -3.34.